The Hall–Kier alpha value is -0.770. The van der Waals surface area contributed by atoms with Crippen LogP contribution in [0.5, 0.6) is 0 Å². The Bertz CT molecular complexity index is 778. The Morgan fingerprint density at radius 2 is 1.61 bits per heavy atom. The highest BCUT2D eigenvalue weighted by atomic mass is 35.5. The Balaban J connectivity index is 0.00000231. The largest absolute Gasteiger partial charge is 0.393 e. The highest BCUT2D eigenvalue weighted by molar-refractivity contribution is 5.85. The van der Waals surface area contributed by atoms with Gasteiger partial charge in [-0.25, -0.2) is 0 Å². The zero-order valence-corrected chi connectivity index (χ0v) is 20.6. The van der Waals surface area contributed by atoms with Crippen LogP contribution in [0, 0.1) is 35.0 Å². The molecule has 4 saturated carbocycles. The molecule has 0 radical (unpaired) electrons. The average Bonchev–Trinajstić information content (AvgIpc) is 3.01. The molecule has 4 heteroatoms. The van der Waals surface area contributed by atoms with Crippen molar-refractivity contribution < 1.29 is 10.2 Å². The quantitative estimate of drug-likeness (QED) is 0.617. The molecule has 1 aromatic carbocycles. The normalized spacial score (nSPS) is 46.3. The van der Waals surface area contributed by atoms with Crippen molar-refractivity contribution in [2.75, 3.05) is 19.0 Å². The van der Waals surface area contributed by atoms with Crippen LogP contribution in [0.3, 0.4) is 0 Å². The Kier molecular flexibility index (Phi) is 6.20. The minimum atomic E-state index is -0.550. The van der Waals surface area contributed by atoms with E-state index in [0.717, 1.165) is 31.1 Å². The number of hydrogen-bond acceptors (Lipinski definition) is 3. The maximum atomic E-state index is 11.2. The summed E-state index contributed by atoms with van der Waals surface area (Å²) in [5.41, 5.74) is 2.27. The molecule has 9 atom stereocenters. The minimum absolute atomic E-state index is 0. The summed E-state index contributed by atoms with van der Waals surface area (Å²) in [7, 11) is 4.19. The minimum Gasteiger partial charge on any atom is -0.393 e. The van der Waals surface area contributed by atoms with E-state index in [0.29, 0.717) is 23.7 Å². The smallest absolute Gasteiger partial charge is 0.0628 e. The molecule has 0 amide bonds. The molecule has 2 N–H and O–H groups in total. The van der Waals surface area contributed by atoms with Gasteiger partial charge in [-0.3, -0.25) is 0 Å². The van der Waals surface area contributed by atoms with Gasteiger partial charge in [0.2, 0.25) is 0 Å². The van der Waals surface area contributed by atoms with Gasteiger partial charge in [0, 0.05) is 19.8 Å². The number of hydrogen-bond donors (Lipinski definition) is 2. The summed E-state index contributed by atoms with van der Waals surface area (Å²) in [6.07, 6.45) is 9.01. The van der Waals surface area contributed by atoms with Gasteiger partial charge in [-0.2, -0.15) is 0 Å². The van der Waals surface area contributed by atoms with E-state index >= 15 is 0 Å². The van der Waals surface area contributed by atoms with Gasteiger partial charge in [-0.05, 0) is 117 Å². The van der Waals surface area contributed by atoms with E-state index in [1.807, 2.05) is 0 Å². The van der Waals surface area contributed by atoms with Crippen LogP contribution in [-0.2, 0) is 0 Å². The van der Waals surface area contributed by atoms with Crippen molar-refractivity contribution in [2.24, 2.45) is 35.0 Å². The molecule has 4 aliphatic rings. The first-order valence-corrected chi connectivity index (χ1v) is 12.4. The molecule has 3 nitrogen and oxygen atoms in total. The van der Waals surface area contributed by atoms with E-state index in [1.54, 1.807) is 0 Å². The van der Waals surface area contributed by atoms with E-state index in [4.69, 9.17) is 0 Å². The molecule has 0 saturated heterocycles. The lowest BCUT2D eigenvalue weighted by Gasteiger charge is -2.58. The van der Waals surface area contributed by atoms with Crippen LogP contribution in [0.25, 0.3) is 0 Å². The molecular weight excluding hydrogens is 406 g/mol. The maximum absolute atomic E-state index is 11.2. The summed E-state index contributed by atoms with van der Waals surface area (Å²) < 4.78 is 0. The number of rotatable bonds is 2. The molecule has 1 aromatic rings. The molecule has 4 fully saturated rings. The predicted molar refractivity (Wildman–Crippen MR) is 130 cm³/mol. The van der Waals surface area contributed by atoms with Crippen molar-refractivity contribution in [1.29, 1.82) is 0 Å². The Morgan fingerprint density at radius 1 is 0.903 bits per heavy atom. The van der Waals surface area contributed by atoms with E-state index in [-0.39, 0.29) is 23.9 Å². The van der Waals surface area contributed by atoms with Crippen molar-refractivity contribution in [3.63, 3.8) is 0 Å². The first-order chi connectivity index (χ1) is 14.2. The van der Waals surface area contributed by atoms with Crippen LogP contribution in [0.2, 0.25) is 0 Å². The lowest BCUT2D eigenvalue weighted by Crippen LogP contribution is -2.53. The molecule has 0 spiro atoms. The fourth-order valence-electron chi connectivity index (χ4n) is 8.61. The predicted octanol–water partition coefficient (Wildman–Crippen LogP) is 5.63. The topological polar surface area (TPSA) is 43.7 Å². The first kappa shape index (κ1) is 23.4. The summed E-state index contributed by atoms with van der Waals surface area (Å²) in [6.45, 7) is 4.45. The molecule has 0 heterocycles. The summed E-state index contributed by atoms with van der Waals surface area (Å²) in [5.74, 6) is 4.03. The van der Waals surface area contributed by atoms with E-state index in [2.05, 4.69) is 57.1 Å². The highest BCUT2D eigenvalue weighted by Crippen LogP contribution is 2.64. The molecular formula is C27H42ClNO2. The molecule has 174 valence electrons. The summed E-state index contributed by atoms with van der Waals surface area (Å²) in [5, 5.41) is 21.9. The number of aliphatic hydroxyl groups is 2. The second-order valence-corrected chi connectivity index (χ2v) is 12.0. The fourth-order valence-corrected chi connectivity index (χ4v) is 8.61. The standard InChI is InChI=1S/C27H41NO2.ClH/c1-26(30)15-18-7-10-20-21(13-14-27(2)23(20)11-12-24(27)29)25(18)22(16-26)17-5-8-19(9-6-17)28(3)4;/h5-6,8-9,18,20-25,29-30H,7,10-16H2,1-4H3;1H/t18-,20+,21-,22-,23-,24-,25-,26-,27-;/m0./s1. The third-order valence-electron chi connectivity index (χ3n) is 10.0. The molecule has 5 rings (SSSR count). The van der Waals surface area contributed by atoms with Gasteiger partial charge in [0.15, 0.2) is 0 Å². The first-order valence-electron chi connectivity index (χ1n) is 12.4. The third kappa shape index (κ3) is 3.83. The molecule has 0 bridgehead atoms. The lowest BCUT2D eigenvalue weighted by atomic mass is 9.47. The van der Waals surface area contributed by atoms with Gasteiger partial charge in [0.05, 0.1) is 11.7 Å². The van der Waals surface area contributed by atoms with Crippen LogP contribution in [-0.4, -0.2) is 36.0 Å². The second kappa shape index (κ2) is 8.22. The van der Waals surface area contributed by atoms with Crippen molar-refractivity contribution in [3.05, 3.63) is 29.8 Å². The van der Waals surface area contributed by atoms with Gasteiger partial charge >= 0.3 is 0 Å². The lowest BCUT2D eigenvalue weighted by molar-refractivity contribution is -0.117. The average molecular weight is 448 g/mol. The number of nitrogens with zero attached hydrogens (tertiary/aromatic N) is 1. The Labute approximate surface area is 195 Å². The molecule has 0 aliphatic heterocycles. The number of aliphatic hydroxyl groups excluding tert-OH is 1. The van der Waals surface area contributed by atoms with Gasteiger partial charge in [-0.15, -0.1) is 12.4 Å². The molecule has 4 aliphatic carbocycles. The van der Waals surface area contributed by atoms with Crippen molar-refractivity contribution in [3.8, 4) is 0 Å². The summed E-state index contributed by atoms with van der Waals surface area (Å²) in [4.78, 5) is 2.16. The van der Waals surface area contributed by atoms with Crippen LogP contribution in [0.4, 0.5) is 5.69 Å². The summed E-state index contributed by atoms with van der Waals surface area (Å²) >= 11 is 0. The number of benzene rings is 1. The van der Waals surface area contributed by atoms with Crippen LogP contribution >= 0.6 is 12.4 Å². The number of fused-ring (bicyclic) bond motifs is 5. The molecule has 31 heavy (non-hydrogen) atoms. The third-order valence-corrected chi connectivity index (χ3v) is 10.0. The SMILES string of the molecule is CN(C)c1ccc([C@@H]2C[C@@](C)(O)C[C@@H]3CC[C@@H]4[C@H](CC[C@]5(C)[C@@H](O)CC[C@@H]45)[C@H]32)cc1.Cl. The number of halogens is 1. The van der Waals surface area contributed by atoms with Gasteiger partial charge in [-0.1, -0.05) is 19.1 Å². The fraction of sp³-hybridized carbons (Fsp3) is 0.778. The van der Waals surface area contributed by atoms with Crippen molar-refractivity contribution >= 4 is 18.1 Å². The van der Waals surface area contributed by atoms with Gasteiger partial charge < -0.3 is 15.1 Å². The van der Waals surface area contributed by atoms with E-state index < -0.39 is 5.60 Å². The van der Waals surface area contributed by atoms with E-state index in [9.17, 15) is 10.2 Å². The van der Waals surface area contributed by atoms with Crippen molar-refractivity contribution in [2.45, 2.75) is 82.8 Å². The summed E-state index contributed by atoms with van der Waals surface area (Å²) in [6, 6.07) is 9.15. The van der Waals surface area contributed by atoms with Crippen LogP contribution in [0.15, 0.2) is 24.3 Å². The van der Waals surface area contributed by atoms with Crippen LogP contribution < -0.4 is 4.90 Å². The highest BCUT2D eigenvalue weighted by Gasteiger charge is 2.59. The van der Waals surface area contributed by atoms with E-state index in [1.165, 1.54) is 43.4 Å². The van der Waals surface area contributed by atoms with Gasteiger partial charge in [0.1, 0.15) is 0 Å². The maximum Gasteiger partial charge on any atom is 0.0628 e. The molecule has 0 unspecified atom stereocenters. The van der Waals surface area contributed by atoms with Gasteiger partial charge in [0.25, 0.3) is 0 Å². The molecule has 0 aromatic heterocycles. The monoisotopic (exact) mass is 447 g/mol. The van der Waals surface area contributed by atoms with Crippen molar-refractivity contribution in [1.82, 2.24) is 0 Å². The Morgan fingerprint density at radius 3 is 2.29 bits per heavy atom. The zero-order valence-electron chi connectivity index (χ0n) is 19.8. The zero-order chi connectivity index (χ0) is 21.3. The van der Waals surface area contributed by atoms with Crippen LogP contribution in [0.1, 0.15) is 76.7 Å². The number of anilines is 1. The second-order valence-electron chi connectivity index (χ2n) is 12.0.